The minimum absolute atomic E-state index is 0.106. The van der Waals surface area contributed by atoms with Gasteiger partial charge in [0.25, 0.3) is 0 Å². The molecule has 1 saturated heterocycles. The molecule has 11 heteroatoms. The Bertz CT molecular complexity index is 967. The van der Waals surface area contributed by atoms with Crippen LogP contribution in [0.4, 0.5) is 24.0 Å². The first kappa shape index (κ1) is 19.6. The summed E-state index contributed by atoms with van der Waals surface area (Å²) in [7, 11) is 1.22. The standard InChI is InChI=1S/C17H13F3N4O3S/c1-27-16(26)10-5-7-28-15(10)24-6-4-11(14(24)25)22-13-9(8-21)2-3-12(23-13)17(18,19)20/h2-3,5,7,11H,4,6H2,1H3,(H,22,23). The van der Waals surface area contributed by atoms with Crippen LogP contribution in [0.25, 0.3) is 0 Å². The smallest absolute Gasteiger partial charge is 0.433 e. The molecule has 1 unspecified atom stereocenters. The number of pyridine rings is 1. The number of anilines is 2. The van der Waals surface area contributed by atoms with Crippen molar-refractivity contribution in [3.05, 3.63) is 40.4 Å². The number of amides is 1. The third-order valence-electron chi connectivity index (χ3n) is 4.12. The Morgan fingerprint density at radius 3 is 2.82 bits per heavy atom. The number of thiophene rings is 1. The highest BCUT2D eigenvalue weighted by Crippen LogP contribution is 2.33. The van der Waals surface area contributed by atoms with Gasteiger partial charge in [-0.25, -0.2) is 9.78 Å². The predicted molar refractivity (Wildman–Crippen MR) is 94.0 cm³/mol. The number of rotatable bonds is 4. The molecule has 7 nitrogen and oxygen atoms in total. The summed E-state index contributed by atoms with van der Waals surface area (Å²) in [4.78, 5) is 29.4. The molecule has 0 bridgehead atoms. The Labute approximate surface area is 161 Å². The van der Waals surface area contributed by atoms with E-state index in [9.17, 15) is 22.8 Å². The number of halogens is 3. The molecule has 0 aliphatic carbocycles. The zero-order chi connectivity index (χ0) is 20.5. The predicted octanol–water partition coefficient (Wildman–Crippen LogP) is 3.04. The number of nitrogens with one attached hydrogen (secondary N) is 1. The van der Waals surface area contributed by atoms with Gasteiger partial charge in [0.15, 0.2) is 0 Å². The van der Waals surface area contributed by atoms with Crippen molar-refractivity contribution in [2.45, 2.75) is 18.6 Å². The van der Waals surface area contributed by atoms with Crippen LogP contribution in [-0.2, 0) is 15.7 Å². The van der Waals surface area contributed by atoms with E-state index in [0.717, 1.165) is 6.07 Å². The molecule has 0 spiro atoms. The van der Waals surface area contributed by atoms with Crippen molar-refractivity contribution in [1.82, 2.24) is 4.98 Å². The van der Waals surface area contributed by atoms with E-state index in [1.165, 1.54) is 29.4 Å². The first-order chi connectivity index (χ1) is 13.3. The second-order valence-corrected chi connectivity index (χ2v) is 6.70. The van der Waals surface area contributed by atoms with Gasteiger partial charge >= 0.3 is 12.1 Å². The van der Waals surface area contributed by atoms with Crippen LogP contribution in [0.3, 0.4) is 0 Å². The summed E-state index contributed by atoms with van der Waals surface area (Å²) in [6.45, 7) is 0.252. The Kier molecular flexibility index (Phi) is 5.24. The lowest BCUT2D eigenvalue weighted by atomic mass is 10.2. The molecule has 1 fully saturated rings. The molecule has 0 saturated carbocycles. The number of ether oxygens (including phenoxy) is 1. The van der Waals surface area contributed by atoms with E-state index in [-0.39, 0.29) is 29.9 Å². The lowest BCUT2D eigenvalue weighted by molar-refractivity contribution is -0.141. The first-order valence-electron chi connectivity index (χ1n) is 7.98. The molecule has 28 heavy (non-hydrogen) atoms. The molecular weight excluding hydrogens is 397 g/mol. The highest BCUT2D eigenvalue weighted by molar-refractivity contribution is 7.14. The average molecular weight is 410 g/mol. The highest BCUT2D eigenvalue weighted by atomic mass is 32.1. The normalized spacial score (nSPS) is 16.8. The summed E-state index contributed by atoms with van der Waals surface area (Å²) in [5.74, 6) is -1.33. The van der Waals surface area contributed by atoms with Crippen molar-refractivity contribution in [2.24, 2.45) is 0 Å². The second-order valence-electron chi connectivity index (χ2n) is 5.81. The van der Waals surface area contributed by atoms with Crippen LogP contribution in [0.1, 0.15) is 28.0 Å². The molecule has 1 aliphatic heterocycles. The van der Waals surface area contributed by atoms with Crippen LogP contribution < -0.4 is 10.2 Å². The summed E-state index contributed by atoms with van der Waals surface area (Å²) in [6, 6.07) is 4.12. The van der Waals surface area contributed by atoms with Crippen LogP contribution in [-0.4, -0.2) is 36.6 Å². The van der Waals surface area contributed by atoms with E-state index in [1.54, 1.807) is 11.4 Å². The molecule has 2 aromatic rings. The van der Waals surface area contributed by atoms with Gasteiger partial charge < -0.3 is 15.0 Å². The minimum atomic E-state index is -4.68. The number of hydrogen-bond donors (Lipinski definition) is 1. The van der Waals surface area contributed by atoms with E-state index in [4.69, 9.17) is 5.26 Å². The molecule has 1 aliphatic rings. The van der Waals surface area contributed by atoms with Crippen LogP contribution in [0.5, 0.6) is 0 Å². The maximum Gasteiger partial charge on any atom is 0.433 e. The fourth-order valence-electron chi connectivity index (χ4n) is 2.77. The quantitative estimate of drug-likeness (QED) is 0.779. The van der Waals surface area contributed by atoms with Crippen LogP contribution in [0, 0.1) is 11.3 Å². The number of aromatic nitrogens is 1. The lowest BCUT2D eigenvalue weighted by Gasteiger charge is -2.18. The number of nitriles is 1. The summed E-state index contributed by atoms with van der Waals surface area (Å²) in [5.41, 5.74) is -1.04. The fraction of sp³-hybridized carbons (Fsp3) is 0.294. The number of methoxy groups -OCH3 is 1. The minimum Gasteiger partial charge on any atom is -0.465 e. The van der Waals surface area contributed by atoms with Gasteiger partial charge in [0.05, 0.1) is 18.2 Å². The Morgan fingerprint density at radius 1 is 1.43 bits per heavy atom. The zero-order valence-electron chi connectivity index (χ0n) is 14.4. The zero-order valence-corrected chi connectivity index (χ0v) is 15.2. The van der Waals surface area contributed by atoms with Gasteiger partial charge in [0.1, 0.15) is 28.6 Å². The Hall–Kier alpha value is -3.13. The topological polar surface area (TPSA) is 95.3 Å². The Balaban J connectivity index is 1.85. The fourth-order valence-corrected chi connectivity index (χ4v) is 3.69. The number of carbonyl (C=O) groups excluding carboxylic acids is 2. The molecule has 3 rings (SSSR count). The number of hydrogen-bond acceptors (Lipinski definition) is 7. The van der Waals surface area contributed by atoms with E-state index in [2.05, 4.69) is 15.0 Å². The van der Waals surface area contributed by atoms with Crippen molar-refractivity contribution in [1.29, 1.82) is 5.26 Å². The van der Waals surface area contributed by atoms with Gasteiger partial charge in [-0.15, -0.1) is 11.3 Å². The third kappa shape index (κ3) is 3.63. The SMILES string of the molecule is COC(=O)c1ccsc1N1CCC(Nc2nc(C(F)(F)F)ccc2C#N)C1=O. The van der Waals surface area contributed by atoms with E-state index < -0.39 is 29.8 Å². The van der Waals surface area contributed by atoms with Crippen molar-refractivity contribution < 1.29 is 27.5 Å². The van der Waals surface area contributed by atoms with Gasteiger partial charge in [0, 0.05) is 6.54 Å². The number of esters is 1. The summed E-state index contributed by atoms with van der Waals surface area (Å²) < 4.78 is 43.4. The molecule has 1 amide bonds. The second kappa shape index (κ2) is 7.47. The Morgan fingerprint density at radius 2 is 2.18 bits per heavy atom. The van der Waals surface area contributed by atoms with E-state index in [0.29, 0.717) is 11.1 Å². The van der Waals surface area contributed by atoms with Crippen molar-refractivity contribution in [3.8, 4) is 6.07 Å². The molecule has 2 aromatic heterocycles. The third-order valence-corrected chi connectivity index (χ3v) is 5.05. The maximum absolute atomic E-state index is 12.9. The summed E-state index contributed by atoms with van der Waals surface area (Å²) >= 11 is 1.18. The maximum atomic E-state index is 12.9. The lowest BCUT2D eigenvalue weighted by Crippen LogP contribution is -2.34. The molecule has 3 heterocycles. The van der Waals surface area contributed by atoms with E-state index in [1.807, 2.05) is 0 Å². The van der Waals surface area contributed by atoms with E-state index >= 15 is 0 Å². The molecule has 1 N–H and O–H groups in total. The molecule has 1 atom stereocenters. The number of nitrogens with zero attached hydrogens (tertiary/aromatic N) is 3. The van der Waals surface area contributed by atoms with Gasteiger partial charge in [0.2, 0.25) is 5.91 Å². The van der Waals surface area contributed by atoms with Gasteiger partial charge in [-0.05, 0) is 30.0 Å². The average Bonchev–Trinajstić information content (AvgIpc) is 3.27. The highest BCUT2D eigenvalue weighted by Gasteiger charge is 2.37. The molecule has 0 aromatic carbocycles. The largest absolute Gasteiger partial charge is 0.465 e. The van der Waals surface area contributed by atoms with Crippen LogP contribution >= 0.6 is 11.3 Å². The molecule has 0 radical (unpaired) electrons. The van der Waals surface area contributed by atoms with Gasteiger partial charge in [-0.3, -0.25) is 4.79 Å². The molecular formula is C17H13F3N4O3S. The number of alkyl halides is 3. The summed E-state index contributed by atoms with van der Waals surface area (Å²) in [6.07, 6.45) is -4.41. The monoisotopic (exact) mass is 410 g/mol. The van der Waals surface area contributed by atoms with Gasteiger partial charge in [-0.1, -0.05) is 0 Å². The van der Waals surface area contributed by atoms with Crippen molar-refractivity contribution in [2.75, 3.05) is 23.9 Å². The van der Waals surface area contributed by atoms with Crippen LogP contribution in [0.2, 0.25) is 0 Å². The molecule has 146 valence electrons. The summed E-state index contributed by atoms with van der Waals surface area (Å²) in [5, 5.41) is 13.8. The number of carbonyl (C=O) groups is 2. The van der Waals surface area contributed by atoms with Gasteiger partial charge in [-0.2, -0.15) is 18.4 Å². The first-order valence-corrected chi connectivity index (χ1v) is 8.86. The van der Waals surface area contributed by atoms with Crippen LogP contribution in [0.15, 0.2) is 23.6 Å². The van der Waals surface area contributed by atoms with Crippen molar-refractivity contribution >= 4 is 34.0 Å². The van der Waals surface area contributed by atoms with Crippen molar-refractivity contribution in [3.63, 3.8) is 0 Å².